The number of carbonyl (C=O) groups excluding carboxylic acids is 2. The molecule has 0 radical (unpaired) electrons. The van der Waals surface area contributed by atoms with E-state index in [4.69, 9.17) is 30.9 Å². The number of hydrogen-bond acceptors (Lipinski definition) is 12. The van der Waals surface area contributed by atoms with E-state index >= 15 is 0 Å². The number of carbonyl (C=O) groups is 2. The van der Waals surface area contributed by atoms with Crippen LogP contribution in [0.2, 0.25) is 0 Å². The summed E-state index contributed by atoms with van der Waals surface area (Å²) in [6.45, 7) is 1.61. The van der Waals surface area contributed by atoms with Gasteiger partial charge in [-0.3, -0.25) is 9.78 Å². The van der Waals surface area contributed by atoms with Crippen molar-refractivity contribution < 1.29 is 32.6 Å². The van der Waals surface area contributed by atoms with Gasteiger partial charge in [-0.1, -0.05) is 5.92 Å². The number of oxazole rings is 1. The lowest BCUT2D eigenvalue weighted by molar-refractivity contribution is -0.150. The van der Waals surface area contributed by atoms with Crippen LogP contribution in [0.4, 0.5) is 15.0 Å². The number of amides is 1. The van der Waals surface area contributed by atoms with E-state index in [9.17, 15) is 18.8 Å². The van der Waals surface area contributed by atoms with Crippen LogP contribution in [0.3, 0.4) is 0 Å². The van der Waals surface area contributed by atoms with Gasteiger partial charge in [-0.05, 0) is 13.3 Å². The smallest absolute Gasteiger partial charge is 0.416 e. The van der Waals surface area contributed by atoms with Crippen molar-refractivity contribution >= 4 is 29.0 Å². The molecule has 0 saturated carbocycles. The second-order valence-electron chi connectivity index (χ2n) is 8.48. The number of fused-ring (bicyclic) bond motifs is 1. The lowest BCUT2D eigenvalue weighted by Gasteiger charge is -2.26. The number of halogens is 1. The molecule has 1 atom stereocenters. The van der Waals surface area contributed by atoms with E-state index in [1.807, 2.05) is 0 Å². The van der Waals surface area contributed by atoms with Crippen molar-refractivity contribution in [2.75, 3.05) is 32.7 Å². The molecule has 3 heterocycles. The van der Waals surface area contributed by atoms with Crippen LogP contribution < -0.4 is 17.0 Å². The number of aryl methyl sites for hydroxylation is 2. The molecule has 3 aromatic heterocycles. The first kappa shape index (κ1) is 29.1. The van der Waals surface area contributed by atoms with Gasteiger partial charge in [0, 0.05) is 40.1 Å². The van der Waals surface area contributed by atoms with Crippen LogP contribution in [0, 0.1) is 25.3 Å². The van der Waals surface area contributed by atoms with Gasteiger partial charge < -0.3 is 33.5 Å². The van der Waals surface area contributed by atoms with Gasteiger partial charge >= 0.3 is 23.9 Å². The van der Waals surface area contributed by atoms with Crippen LogP contribution in [0.5, 0.6) is 0 Å². The molecule has 39 heavy (non-hydrogen) atoms. The Morgan fingerprint density at radius 2 is 2.15 bits per heavy atom. The Morgan fingerprint density at radius 3 is 2.79 bits per heavy atom. The highest BCUT2D eigenvalue weighted by Crippen LogP contribution is 2.21. The van der Waals surface area contributed by atoms with Crippen molar-refractivity contribution in [1.29, 1.82) is 0 Å². The molecule has 16 heteroatoms. The SMILES string of the molecule is C#C[C@](CCn1cnc2c(NN)nc(F)nc21)(COC(=O)CCCN(C)C(=O)OCc1[nH]c(=O)oc1C)OC. The lowest BCUT2D eigenvalue weighted by atomic mass is 10.0. The van der Waals surface area contributed by atoms with E-state index in [1.165, 1.54) is 25.4 Å². The summed E-state index contributed by atoms with van der Waals surface area (Å²) in [5, 5.41) is 0. The molecule has 4 N–H and O–H groups in total. The molecule has 0 bridgehead atoms. The van der Waals surface area contributed by atoms with Crippen LogP contribution in [-0.4, -0.2) is 74.4 Å². The summed E-state index contributed by atoms with van der Waals surface area (Å²) < 4.78 is 36.1. The molecule has 0 saturated heterocycles. The van der Waals surface area contributed by atoms with Crippen LogP contribution in [0.25, 0.3) is 11.2 Å². The zero-order valence-corrected chi connectivity index (χ0v) is 21.7. The number of aromatic nitrogens is 5. The number of rotatable bonds is 13. The number of nitrogen functional groups attached to an aromatic ring is 1. The van der Waals surface area contributed by atoms with E-state index in [0.717, 1.165) is 0 Å². The summed E-state index contributed by atoms with van der Waals surface area (Å²) >= 11 is 0. The lowest BCUT2D eigenvalue weighted by Crippen LogP contribution is -2.37. The summed E-state index contributed by atoms with van der Waals surface area (Å²) in [6, 6.07) is 0. The molecule has 0 aliphatic carbocycles. The number of nitrogens with zero attached hydrogens (tertiary/aromatic N) is 5. The molecular weight excluding hydrogens is 519 g/mol. The second-order valence-corrected chi connectivity index (χ2v) is 8.48. The molecule has 3 rings (SSSR count). The monoisotopic (exact) mass is 548 g/mol. The first-order valence-corrected chi connectivity index (χ1v) is 11.7. The maximum Gasteiger partial charge on any atom is 0.416 e. The predicted octanol–water partition coefficient (Wildman–Crippen LogP) is 0.841. The summed E-state index contributed by atoms with van der Waals surface area (Å²) in [5.41, 5.74) is 1.84. The highest BCUT2D eigenvalue weighted by Gasteiger charge is 2.30. The largest absolute Gasteiger partial charge is 0.462 e. The van der Waals surface area contributed by atoms with Crippen LogP contribution in [0.15, 0.2) is 15.5 Å². The topological polar surface area (TPSA) is 193 Å². The molecule has 0 aliphatic heterocycles. The molecule has 0 aromatic carbocycles. The van der Waals surface area contributed by atoms with E-state index in [2.05, 4.69) is 31.3 Å². The Balaban J connectivity index is 1.46. The molecular formula is C23H29FN8O7. The van der Waals surface area contributed by atoms with Crippen molar-refractivity contribution in [3.05, 3.63) is 34.4 Å². The van der Waals surface area contributed by atoms with E-state index in [-0.39, 0.29) is 56.1 Å². The first-order chi connectivity index (χ1) is 18.6. The Morgan fingerprint density at radius 1 is 1.38 bits per heavy atom. The van der Waals surface area contributed by atoms with E-state index in [1.54, 1.807) is 11.5 Å². The van der Waals surface area contributed by atoms with Crippen molar-refractivity contribution in [3.63, 3.8) is 0 Å². The van der Waals surface area contributed by atoms with Crippen molar-refractivity contribution in [2.45, 2.75) is 44.9 Å². The molecule has 0 spiro atoms. The number of ether oxygens (including phenoxy) is 3. The molecule has 0 unspecified atom stereocenters. The molecule has 3 aromatic rings. The maximum absolute atomic E-state index is 13.8. The third-order valence-electron chi connectivity index (χ3n) is 5.90. The zero-order valence-electron chi connectivity index (χ0n) is 21.7. The van der Waals surface area contributed by atoms with Gasteiger partial charge in [0.05, 0.1) is 12.0 Å². The van der Waals surface area contributed by atoms with E-state index < -0.39 is 29.5 Å². The van der Waals surface area contributed by atoms with Crippen molar-refractivity contribution in [1.82, 2.24) is 29.4 Å². The third-order valence-corrected chi connectivity index (χ3v) is 5.90. The molecule has 1 amide bonds. The summed E-state index contributed by atoms with van der Waals surface area (Å²) in [6.07, 6.45) is 6.00. The number of H-pyrrole nitrogens is 1. The van der Waals surface area contributed by atoms with Crippen LogP contribution >= 0.6 is 0 Å². The predicted molar refractivity (Wildman–Crippen MR) is 133 cm³/mol. The van der Waals surface area contributed by atoms with Gasteiger partial charge in [-0.25, -0.2) is 20.4 Å². The van der Waals surface area contributed by atoms with Crippen LogP contribution in [0.1, 0.15) is 30.7 Å². The quantitative estimate of drug-likeness (QED) is 0.0897. The molecule has 0 aliphatic rings. The number of nitrogens with two attached hydrogens (primary N) is 1. The number of esters is 1. The van der Waals surface area contributed by atoms with Gasteiger partial charge in [-0.15, -0.1) is 6.42 Å². The zero-order chi connectivity index (χ0) is 28.6. The third kappa shape index (κ3) is 7.30. The fourth-order valence-corrected chi connectivity index (χ4v) is 3.53. The van der Waals surface area contributed by atoms with Gasteiger partial charge in [0.1, 0.15) is 19.0 Å². The Kier molecular flexibility index (Phi) is 9.57. The average Bonchev–Trinajstić information content (AvgIpc) is 3.48. The standard InChI is InChI=1S/C23H29FN8O7/c1-5-23(36-4,8-10-32-13-26-17-18(30-25)28-20(24)29-19(17)32)12-38-16(33)7-6-9-31(3)22(35)37-11-15-14(2)39-21(34)27-15/h1,13H,6-12,25H2,2-4H3,(H,27,34)(H,28,29,30)/t23-/m0/s1. The van der Waals surface area contributed by atoms with Crippen molar-refractivity contribution in [2.24, 2.45) is 5.84 Å². The normalized spacial score (nSPS) is 12.5. The fraction of sp³-hybridized carbons (Fsp3) is 0.478. The van der Waals surface area contributed by atoms with Gasteiger partial charge in [0.2, 0.25) is 0 Å². The Labute approximate surface area is 221 Å². The van der Waals surface area contributed by atoms with Crippen molar-refractivity contribution in [3.8, 4) is 12.3 Å². The number of imidazole rings is 1. The maximum atomic E-state index is 13.8. The Hall–Kier alpha value is -4.49. The first-order valence-electron chi connectivity index (χ1n) is 11.7. The van der Waals surface area contributed by atoms with Gasteiger partial charge in [-0.2, -0.15) is 14.4 Å². The highest BCUT2D eigenvalue weighted by atomic mass is 19.1. The van der Waals surface area contributed by atoms with E-state index in [0.29, 0.717) is 17.9 Å². The summed E-state index contributed by atoms with van der Waals surface area (Å²) in [7, 11) is 2.90. The van der Waals surface area contributed by atoms with Gasteiger partial charge in [0.15, 0.2) is 22.6 Å². The minimum absolute atomic E-state index is 0.00731. The highest BCUT2D eigenvalue weighted by molar-refractivity contribution is 5.82. The summed E-state index contributed by atoms with van der Waals surface area (Å²) in [4.78, 5) is 50.8. The van der Waals surface area contributed by atoms with Gasteiger partial charge in [0.25, 0.3) is 0 Å². The molecule has 0 fully saturated rings. The number of methoxy groups -OCH3 is 1. The number of hydrogen-bond donors (Lipinski definition) is 3. The molecule has 15 nitrogen and oxygen atoms in total. The average molecular weight is 549 g/mol. The number of terminal acetylenes is 1. The number of hydrazine groups is 1. The number of anilines is 1. The number of aromatic amines is 1. The molecule has 210 valence electrons. The minimum atomic E-state index is -1.26. The number of nitrogens with one attached hydrogen (secondary N) is 2. The minimum Gasteiger partial charge on any atom is -0.462 e. The summed E-state index contributed by atoms with van der Waals surface area (Å²) in [5.74, 6) is 7.07. The van der Waals surface area contributed by atoms with Crippen LogP contribution in [-0.2, 0) is 32.2 Å². The fourth-order valence-electron chi connectivity index (χ4n) is 3.53. The second kappa shape index (κ2) is 12.8. The Bertz CT molecular complexity index is 1410.